The highest BCUT2D eigenvalue weighted by Crippen LogP contribution is 2.31. The van der Waals surface area contributed by atoms with Gasteiger partial charge in [-0.15, -0.1) is 10.2 Å². The van der Waals surface area contributed by atoms with Crippen molar-refractivity contribution < 1.29 is 9.47 Å². The van der Waals surface area contributed by atoms with Crippen LogP contribution in [-0.4, -0.2) is 35.1 Å². The lowest BCUT2D eigenvalue weighted by Gasteiger charge is -2.31. The zero-order valence-corrected chi connectivity index (χ0v) is 14.7. The molecular formula is C18H26N4O2. The molecule has 1 fully saturated rings. The molecule has 0 saturated carbocycles. The van der Waals surface area contributed by atoms with E-state index in [9.17, 15) is 0 Å². The van der Waals surface area contributed by atoms with Gasteiger partial charge in [-0.3, -0.25) is 0 Å². The summed E-state index contributed by atoms with van der Waals surface area (Å²) in [4.78, 5) is 0. The Hall–Kier alpha value is -1.92. The maximum Gasteiger partial charge on any atom is 0.146 e. The van der Waals surface area contributed by atoms with E-state index in [2.05, 4.69) is 27.6 Å². The Labute approximate surface area is 143 Å². The molecule has 2 aromatic rings. The first-order chi connectivity index (χ1) is 11.7. The van der Waals surface area contributed by atoms with E-state index in [1.54, 1.807) is 7.11 Å². The number of ether oxygens (including phenoxy) is 2. The van der Waals surface area contributed by atoms with E-state index >= 15 is 0 Å². The molecule has 0 aliphatic carbocycles. The van der Waals surface area contributed by atoms with Crippen LogP contribution < -0.4 is 10.1 Å². The fourth-order valence-electron chi connectivity index (χ4n) is 3.22. The van der Waals surface area contributed by atoms with Gasteiger partial charge in [-0.2, -0.15) is 0 Å². The zero-order valence-electron chi connectivity index (χ0n) is 14.7. The van der Waals surface area contributed by atoms with Gasteiger partial charge < -0.3 is 19.4 Å². The third kappa shape index (κ3) is 3.76. The van der Waals surface area contributed by atoms with Crippen molar-refractivity contribution in [2.45, 2.75) is 32.4 Å². The topological polar surface area (TPSA) is 61.2 Å². The number of methoxy groups -OCH3 is 1. The molecule has 1 aromatic heterocycles. The average molecular weight is 330 g/mol. The van der Waals surface area contributed by atoms with Crippen LogP contribution in [0.4, 0.5) is 0 Å². The van der Waals surface area contributed by atoms with E-state index in [1.165, 1.54) is 5.56 Å². The van der Waals surface area contributed by atoms with Crippen LogP contribution in [0.3, 0.4) is 0 Å². The molecule has 1 aliphatic rings. The molecule has 0 unspecified atom stereocenters. The van der Waals surface area contributed by atoms with Crippen LogP contribution in [0.1, 0.15) is 36.1 Å². The van der Waals surface area contributed by atoms with Gasteiger partial charge in [0.15, 0.2) is 0 Å². The lowest BCUT2D eigenvalue weighted by atomic mass is 9.87. The summed E-state index contributed by atoms with van der Waals surface area (Å²) in [6.45, 7) is 4.34. The Bertz CT molecular complexity index is 648. The lowest BCUT2D eigenvalue weighted by Crippen LogP contribution is -2.32. The number of nitrogens with zero attached hydrogens (tertiary/aromatic N) is 3. The Morgan fingerprint density at radius 3 is 2.54 bits per heavy atom. The van der Waals surface area contributed by atoms with E-state index in [-0.39, 0.29) is 6.04 Å². The second kappa shape index (κ2) is 7.77. The van der Waals surface area contributed by atoms with E-state index in [0.717, 1.165) is 43.5 Å². The molecule has 6 heteroatoms. The normalized spacial score (nSPS) is 17.0. The molecule has 1 aliphatic heterocycles. The highest BCUT2D eigenvalue weighted by molar-refractivity contribution is 5.29. The monoisotopic (exact) mass is 330 g/mol. The number of benzene rings is 1. The largest absolute Gasteiger partial charge is 0.497 e. The third-order valence-electron chi connectivity index (χ3n) is 4.88. The highest BCUT2D eigenvalue weighted by Gasteiger charge is 2.25. The number of nitrogens with one attached hydrogen (secondary N) is 1. The molecule has 3 rings (SSSR count). The summed E-state index contributed by atoms with van der Waals surface area (Å²) in [7, 11) is 3.70. The quantitative estimate of drug-likeness (QED) is 0.881. The van der Waals surface area contributed by atoms with E-state index in [4.69, 9.17) is 9.47 Å². The van der Waals surface area contributed by atoms with Gasteiger partial charge >= 0.3 is 0 Å². The summed E-state index contributed by atoms with van der Waals surface area (Å²) in [5.74, 6) is 3.33. The summed E-state index contributed by atoms with van der Waals surface area (Å²) in [6, 6.07) is 8.62. The van der Waals surface area contributed by atoms with Gasteiger partial charge in [-0.05, 0) is 43.4 Å². The Kier molecular flexibility index (Phi) is 5.48. The van der Waals surface area contributed by atoms with Crippen LogP contribution in [0.15, 0.2) is 24.3 Å². The molecule has 1 N–H and O–H groups in total. The number of hydrogen-bond donors (Lipinski definition) is 1. The van der Waals surface area contributed by atoms with Crippen molar-refractivity contribution in [1.82, 2.24) is 20.1 Å². The van der Waals surface area contributed by atoms with E-state index in [0.29, 0.717) is 12.5 Å². The summed E-state index contributed by atoms with van der Waals surface area (Å²) in [5, 5.41) is 12.1. The minimum Gasteiger partial charge on any atom is -0.497 e. The third-order valence-corrected chi connectivity index (χ3v) is 4.88. The van der Waals surface area contributed by atoms with Crippen molar-refractivity contribution in [3.8, 4) is 5.75 Å². The fraction of sp³-hybridized carbons (Fsp3) is 0.556. The van der Waals surface area contributed by atoms with Crippen molar-refractivity contribution in [3.05, 3.63) is 41.5 Å². The summed E-state index contributed by atoms with van der Waals surface area (Å²) >= 11 is 0. The Morgan fingerprint density at radius 1 is 1.25 bits per heavy atom. The summed E-state index contributed by atoms with van der Waals surface area (Å²) in [6.07, 6.45) is 2.14. The molecule has 24 heavy (non-hydrogen) atoms. The zero-order chi connectivity index (χ0) is 16.9. The molecule has 6 nitrogen and oxygen atoms in total. The molecule has 130 valence electrons. The van der Waals surface area contributed by atoms with Crippen LogP contribution in [0, 0.1) is 12.8 Å². The molecule has 1 saturated heterocycles. The van der Waals surface area contributed by atoms with E-state index < -0.39 is 0 Å². The van der Waals surface area contributed by atoms with E-state index in [1.807, 2.05) is 30.7 Å². The van der Waals surface area contributed by atoms with Crippen molar-refractivity contribution in [2.24, 2.45) is 13.0 Å². The summed E-state index contributed by atoms with van der Waals surface area (Å²) in [5.41, 5.74) is 1.28. The van der Waals surface area contributed by atoms with Crippen molar-refractivity contribution in [3.63, 3.8) is 0 Å². The van der Waals surface area contributed by atoms with Crippen LogP contribution in [0.25, 0.3) is 0 Å². The molecule has 0 amide bonds. The lowest BCUT2D eigenvalue weighted by molar-refractivity contribution is 0.0532. The second-order valence-corrected chi connectivity index (χ2v) is 6.30. The number of aromatic nitrogens is 3. The van der Waals surface area contributed by atoms with Gasteiger partial charge in [0.2, 0.25) is 0 Å². The van der Waals surface area contributed by atoms with Crippen LogP contribution in [0.2, 0.25) is 0 Å². The highest BCUT2D eigenvalue weighted by atomic mass is 16.5. The van der Waals surface area contributed by atoms with Gasteiger partial charge in [0, 0.05) is 26.3 Å². The first kappa shape index (κ1) is 16.9. The smallest absolute Gasteiger partial charge is 0.146 e. The Balaban J connectivity index is 1.76. The minimum atomic E-state index is 0.275. The van der Waals surface area contributed by atoms with Gasteiger partial charge in [-0.25, -0.2) is 0 Å². The first-order valence-corrected chi connectivity index (χ1v) is 8.49. The predicted molar refractivity (Wildman–Crippen MR) is 91.9 cm³/mol. The van der Waals surface area contributed by atoms with Gasteiger partial charge in [0.25, 0.3) is 0 Å². The van der Waals surface area contributed by atoms with Gasteiger partial charge in [0.05, 0.1) is 13.7 Å². The molecule has 1 aromatic carbocycles. The average Bonchev–Trinajstić information content (AvgIpc) is 2.95. The molecule has 0 spiro atoms. The number of hydrogen-bond acceptors (Lipinski definition) is 5. The summed E-state index contributed by atoms with van der Waals surface area (Å²) < 4.78 is 12.8. The maximum absolute atomic E-state index is 5.53. The minimum absolute atomic E-state index is 0.275. The number of rotatable bonds is 6. The number of aryl methyl sites for hydroxylation is 1. The van der Waals surface area contributed by atoms with Gasteiger partial charge in [-0.1, -0.05) is 12.1 Å². The van der Waals surface area contributed by atoms with Gasteiger partial charge in [0.1, 0.15) is 17.4 Å². The Morgan fingerprint density at radius 2 is 1.96 bits per heavy atom. The molecule has 0 bridgehead atoms. The van der Waals surface area contributed by atoms with Crippen LogP contribution in [-0.2, 0) is 18.3 Å². The second-order valence-electron chi connectivity index (χ2n) is 6.30. The molecule has 2 heterocycles. The molecule has 0 radical (unpaired) electrons. The van der Waals surface area contributed by atoms with Crippen molar-refractivity contribution in [2.75, 3.05) is 20.3 Å². The van der Waals surface area contributed by atoms with Crippen molar-refractivity contribution >= 4 is 0 Å². The SMILES string of the molecule is COc1ccc([C@H](NCc2nnc(C)n2C)C2CCOCC2)cc1. The molecule has 1 atom stereocenters. The standard InChI is InChI=1S/C18H26N4O2/c1-13-20-21-17(22(13)2)12-19-18(15-8-10-24-11-9-15)14-4-6-16(23-3)7-5-14/h4-7,15,18-19H,8-12H2,1-3H3/t18-/m0/s1. The first-order valence-electron chi connectivity index (χ1n) is 8.49. The van der Waals surface area contributed by atoms with Crippen LogP contribution in [0.5, 0.6) is 5.75 Å². The fourth-order valence-corrected chi connectivity index (χ4v) is 3.22. The maximum atomic E-state index is 5.53. The predicted octanol–water partition coefficient (Wildman–Crippen LogP) is 2.39. The van der Waals surface area contributed by atoms with Crippen LogP contribution >= 0.6 is 0 Å². The van der Waals surface area contributed by atoms with Crippen molar-refractivity contribution in [1.29, 1.82) is 0 Å². The molecular weight excluding hydrogens is 304 g/mol.